The molecule has 2 unspecified atom stereocenters. The SMILES string of the molecule is CCCCC(C)CCC(C)Cc1ccc(O)cc1. The average molecular weight is 248 g/mol. The predicted octanol–water partition coefficient (Wildman–Crippen LogP) is 5.18. The lowest BCUT2D eigenvalue weighted by atomic mass is 9.91. The van der Waals surface area contributed by atoms with E-state index in [0.29, 0.717) is 5.75 Å². The Hall–Kier alpha value is -0.980. The Morgan fingerprint density at radius 2 is 1.56 bits per heavy atom. The fourth-order valence-corrected chi connectivity index (χ4v) is 2.40. The lowest BCUT2D eigenvalue weighted by Gasteiger charge is -2.15. The molecule has 0 heterocycles. The maximum absolute atomic E-state index is 9.25. The molecule has 0 bridgehead atoms. The number of hydrogen-bond acceptors (Lipinski definition) is 1. The standard InChI is InChI=1S/C17H28O/c1-4-5-6-14(2)7-8-15(3)13-16-9-11-17(18)12-10-16/h9-12,14-15,18H,4-8,13H2,1-3H3. The van der Waals surface area contributed by atoms with Crippen LogP contribution in [0.15, 0.2) is 24.3 Å². The summed E-state index contributed by atoms with van der Waals surface area (Å²) < 4.78 is 0. The van der Waals surface area contributed by atoms with Crippen molar-refractivity contribution in [2.24, 2.45) is 11.8 Å². The van der Waals surface area contributed by atoms with Gasteiger partial charge in [-0.1, -0.05) is 65.0 Å². The summed E-state index contributed by atoms with van der Waals surface area (Å²) >= 11 is 0. The second kappa shape index (κ2) is 8.18. The Bertz CT molecular complexity index is 315. The molecule has 0 aliphatic carbocycles. The monoisotopic (exact) mass is 248 g/mol. The quantitative estimate of drug-likeness (QED) is 0.672. The summed E-state index contributed by atoms with van der Waals surface area (Å²) in [5.41, 5.74) is 1.33. The van der Waals surface area contributed by atoms with Crippen LogP contribution in [-0.4, -0.2) is 5.11 Å². The van der Waals surface area contributed by atoms with Crippen LogP contribution in [-0.2, 0) is 6.42 Å². The fraction of sp³-hybridized carbons (Fsp3) is 0.647. The van der Waals surface area contributed by atoms with E-state index in [-0.39, 0.29) is 0 Å². The zero-order valence-electron chi connectivity index (χ0n) is 12.2. The van der Waals surface area contributed by atoms with Gasteiger partial charge in [0.15, 0.2) is 0 Å². The molecule has 1 N–H and O–H groups in total. The van der Waals surface area contributed by atoms with E-state index < -0.39 is 0 Å². The molecule has 1 rings (SSSR count). The van der Waals surface area contributed by atoms with E-state index in [0.717, 1.165) is 18.3 Å². The molecule has 2 atom stereocenters. The van der Waals surface area contributed by atoms with Gasteiger partial charge in [-0.2, -0.15) is 0 Å². The molecule has 0 aromatic heterocycles. The summed E-state index contributed by atoms with van der Waals surface area (Å²) in [5.74, 6) is 1.96. The van der Waals surface area contributed by atoms with Gasteiger partial charge in [0.25, 0.3) is 0 Å². The van der Waals surface area contributed by atoms with Crippen molar-refractivity contribution in [3.8, 4) is 5.75 Å². The summed E-state index contributed by atoms with van der Waals surface area (Å²) in [4.78, 5) is 0. The Morgan fingerprint density at radius 1 is 0.944 bits per heavy atom. The number of aromatic hydroxyl groups is 1. The molecule has 0 fully saturated rings. The Morgan fingerprint density at radius 3 is 2.17 bits per heavy atom. The summed E-state index contributed by atoms with van der Waals surface area (Å²) in [6, 6.07) is 7.64. The average Bonchev–Trinajstić information content (AvgIpc) is 2.36. The smallest absolute Gasteiger partial charge is 0.115 e. The topological polar surface area (TPSA) is 20.2 Å². The van der Waals surface area contributed by atoms with E-state index >= 15 is 0 Å². The first-order chi connectivity index (χ1) is 8.61. The van der Waals surface area contributed by atoms with Gasteiger partial charge >= 0.3 is 0 Å². The molecule has 1 aromatic carbocycles. The minimum absolute atomic E-state index is 0.361. The largest absolute Gasteiger partial charge is 0.508 e. The molecule has 0 saturated heterocycles. The van der Waals surface area contributed by atoms with Gasteiger partial charge in [0.1, 0.15) is 5.75 Å². The van der Waals surface area contributed by atoms with Gasteiger partial charge in [0, 0.05) is 0 Å². The van der Waals surface area contributed by atoms with Crippen LogP contribution < -0.4 is 0 Å². The van der Waals surface area contributed by atoms with Crippen LogP contribution >= 0.6 is 0 Å². The highest BCUT2D eigenvalue weighted by Crippen LogP contribution is 2.21. The van der Waals surface area contributed by atoms with Crippen molar-refractivity contribution in [1.82, 2.24) is 0 Å². The van der Waals surface area contributed by atoms with E-state index in [1.807, 2.05) is 12.1 Å². The van der Waals surface area contributed by atoms with Crippen LogP contribution in [0.1, 0.15) is 58.4 Å². The first kappa shape index (κ1) is 15.1. The van der Waals surface area contributed by atoms with Gasteiger partial charge < -0.3 is 5.11 Å². The van der Waals surface area contributed by atoms with Crippen molar-refractivity contribution in [1.29, 1.82) is 0 Å². The van der Waals surface area contributed by atoms with Gasteiger partial charge in [-0.15, -0.1) is 0 Å². The lowest BCUT2D eigenvalue weighted by molar-refractivity contribution is 0.402. The number of hydrogen-bond donors (Lipinski definition) is 1. The highest BCUT2D eigenvalue weighted by molar-refractivity contribution is 5.26. The van der Waals surface area contributed by atoms with Crippen molar-refractivity contribution >= 4 is 0 Å². The van der Waals surface area contributed by atoms with Gasteiger partial charge in [-0.25, -0.2) is 0 Å². The normalized spacial score (nSPS) is 14.4. The van der Waals surface area contributed by atoms with Gasteiger partial charge in [0.05, 0.1) is 0 Å². The maximum Gasteiger partial charge on any atom is 0.115 e. The first-order valence-electron chi connectivity index (χ1n) is 7.39. The molecule has 1 aromatic rings. The molecule has 0 aliphatic heterocycles. The highest BCUT2D eigenvalue weighted by Gasteiger charge is 2.07. The molecule has 0 radical (unpaired) electrons. The van der Waals surface area contributed by atoms with Gasteiger partial charge in [-0.3, -0.25) is 0 Å². The number of phenolic OH excluding ortho intramolecular Hbond substituents is 1. The van der Waals surface area contributed by atoms with Crippen LogP contribution in [0.4, 0.5) is 0 Å². The third kappa shape index (κ3) is 6.09. The van der Waals surface area contributed by atoms with Crippen molar-refractivity contribution in [2.45, 2.75) is 59.3 Å². The van der Waals surface area contributed by atoms with Gasteiger partial charge in [-0.05, 0) is 36.0 Å². The van der Waals surface area contributed by atoms with Crippen LogP contribution in [0.25, 0.3) is 0 Å². The first-order valence-corrected chi connectivity index (χ1v) is 7.39. The van der Waals surface area contributed by atoms with Crippen molar-refractivity contribution in [3.05, 3.63) is 29.8 Å². The second-order valence-corrected chi connectivity index (χ2v) is 5.80. The van der Waals surface area contributed by atoms with E-state index in [1.54, 1.807) is 12.1 Å². The highest BCUT2D eigenvalue weighted by atomic mass is 16.3. The number of unbranched alkanes of at least 4 members (excludes halogenated alkanes) is 1. The molecule has 0 spiro atoms. The molecule has 102 valence electrons. The van der Waals surface area contributed by atoms with Crippen molar-refractivity contribution in [3.63, 3.8) is 0 Å². The maximum atomic E-state index is 9.25. The predicted molar refractivity (Wildman–Crippen MR) is 78.9 cm³/mol. The van der Waals surface area contributed by atoms with E-state index in [2.05, 4.69) is 20.8 Å². The third-order valence-corrected chi connectivity index (χ3v) is 3.72. The van der Waals surface area contributed by atoms with E-state index in [1.165, 1.54) is 37.7 Å². The summed E-state index contributed by atoms with van der Waals surface area (Å²) in [6.07, 6.45) is 7.84. The minimum atomic E-state index is 0.361. The van der Waals surface area contributed by atoms with E-state index in [4.69, 9.17) is 0 Å². The van der Waals surface area contributed by atoms with Crippen LogP contribution in [0, 0.1) is 11.8 Å². The fourth-order valence-electron chi connectivity index (χ4n) is 2.40. The Kier molecular flexibility index (Phi) is 6.85. The Labute approximate surface area is 112 Å². The van der Waals surface area contributed by atoms with Crippen molar-refractivity contribution in [2.75, 3.05) is 0 Å². The molecular weight excluding hydrogens is 220 g/mol. The van der Waals surface area contributed by atoms with Crippen LogP contribution in [0.3, 0.4) is 0 Å². The number of phenols is 1. The zero-order chi connectivity index (χ0) is 13.4. The molecule has 0 saturated carbocycles. The summed E-state index contributed by atoms with van der Waals surface area (Å²) in [5, 5.41) is 9.25. The second-order valence-electron chi connectivity index (χ2n) is 5.80. The number of benzene rings is 1. The molecular formula is C17H28O. The van der Waals surface area contributed by atoms with Crippen LogP contribution in [0.2, 0.25) is 0 Å². The molecule has 18 heavy (non-hydrogen) atoms. The molecule has 1 nitrogen and oxygen atoms in total. The van der Waals surface area contributed by atoms with Crippen molar-refractivity contribution < 1.29 is 5.11 Å². The molecule has 1 heteroatoms. The Balaban J connectivity index is 2.24. The zero-order valence-corrected chi connectivity index (χ0v) is 12.2. The lowest BCUT2D eigenvalue weighted by Crippen LogP contribution is -2.03. The summed E-state index contributed by atoms with van der Waals surface area (Å²) in [7, 11) is 0. The number of rotatable bonds is 8. The third-order valence-electron chi connectivity index (χ3n) is 3.72. The van der Waals surface area contributed by atoms with Gasteiger partial charge in [0.2, 0.25) is 0 Å². The molecule has 0 amide bonds. The van der Waals surface area contributed by atoms with Crippen LogP contribution in [0.5, 0.6) is 5.75 Å². The van der Waals surface area contributed by atoms with E-state index in [9.17, 15) is 5.11 Å². The minimum Gasteiger partial charge on any atom is -0.508 e. The molecule has 0 aliphatic rings. The summed E-state index contributed by atoms with van der Waals surface area (Å²) in [6.45, 7) is 6.97.